The first-order chi connectivity index (χ1) is 9.74. The highest BCUT2D eigenvalue weighted by Gasteiger charge is 2.00. The van der Waals surface area contributed by atoms with Gasteiger partial charge in [0.2, 0.25) is 0 Å². The predicted molar refractivity (Wildman–Crippen MR) is 82.1 cm³/mol. The Balaban J connectivity index is 1.64. The molecule has 0 saturated heterocycles. The maximum absolute atomic E-state index is 5.82. The minimum Gasteiger partial charge on any atom is -0.494 e. The van der Waals surface area contributed by atoms with Gasteiger partial charge >= 0.3 is 0 Å². The summed E-state index contributed by atoms with van der Waals surface area (Å²) < 4.78 is 5.66. The van der Waals surface area contributed by atoms with Crippen LogP contribution >= 0.6 is 11.6 Å². The maximum Gasteiger partial charge on any atom is 0.119 e. The van der Waals surface area contributed by atoms with E-state index in [1.165, 1.54) is 5.56 Å². The lowest BCUT2D eigenvalue weighted by Crippen LogP contribution is -2.20. The molecule has 0 aliphatic carbocycles. The van der Waals surface area contributed by atoms with Crippen molar-refractivity contribution in [1.29, 1.82) is 0 Å². The molecule has 2 aromatic rings. The summed E-state index contributed by atoms with van der Waals surface area (Å²) in [6, 6.07) is 11.5. The summed E-state index contributed by atoms with van der Waals surface area (Å²) in [5, 5.41) is 0.730. The van der Waals surface area contributed by atoms with Crippen molar-refractivity contribution in [2.75, 3.05) is 20.2 Å². The number of hydrogen-bond acceptors (Lipinski definition) is 3. The van der Waals surface area contributed by atoms with E-state index in [0.717, 1.165) is 30.3 Å². The molecule has 106 valence electrons. The second-order valence-electron chi connectivity index (χ2n) is 4.75. The first-order valence-corrected chi connectivity index (χ1v) is 7.07. The predicted octanol–water partition coefficient (Wildman–Crippen LogP) is 3.64. The zero-order chi connectivity index (χ0) is 14.2. The Hall–Kier alpha value is -1.58. The average Bonchev–Trinajstić information content (AvgIpc) is 2.46. The molecule has 0 radical (unpaired) electrons. The molecule has 4 heteroatoms. The molecule has 20 heavy (non-hydrogen) atoms. The van der Waals surface area contributed by atoms with Crippen LogP contribution in [-0.2, 0) is 6.54 Å². The second-order valence-corrected chi connectivity index (χ2v) is 5.19. The highest BCUT2D eigenvalue weighted by Crippen LogP contribution is 2.15. The van der Waals surface area contributed by atoms with Gasteiger partial charge in [0.05, 0.1) is 6.61 Å². The van der Waals surface area contributed by atoms with E-state index in [9.17, 15) is 0 Å². The first-order valence-electron chi connectivity index (χ1n) is 6.70. The number of halogens is 1. The van der Waals surface area contributed by atoms with Crippen LogP contribution in [0.25, 0.3) is 0 Å². The lowest BCUT2D eigenvalue weighted by molar-refractivity contribution is 0.258. The molecule has 0 saturated carbocycles. The second kappa shape index (κ2) is 7.88. The topological polar surface area (TPSA) is 25.4 Å². The van der Waals surface area contributed by atoms with E-state index in [1.54, 1.807) is 6.20 Å². The van der Waals surface area contributed by atoms with Crippen LogP contribution in [0.3, 0.4) is 0 Å². The zero-order valence-electron chi connectivity index (χ0n) is 11.6. The van der Waals surface area contributed by atoms with Crippen LogP contribution in [0.4, 0.5) is 0 Å². The van der Waals surface area contributed by atoms with E-state index in [-0.39, 0.29) is 0 Å². The quantitative estimate of drug-likeness (QED) is 0.728. The summed E-state index contributed by atoms with van der Waals surface area (Å²) in [7, 11) is 2.11. The third kappa shape index (κ3) is 5.19. The fraction of sp³-hybridized carbons (Fsp3) is 0.312. The Bertz CT molecular complexity index is 502. The molecule has 0 bridgehead atoms. The number of pyridine rings is 1. The standard InChI is InChI=1S/C16H19ClN2O/c1-19(13-14-4-2-9-18-12-14)10-3-11-20-16-7-5-15(17)6-8-16/h2,4-9,12H,3,10-11,13H2,1H3. The van der Waals surface area contributed by atoms with Crippen LogP contribution in [0.15, 0.2) is 48.8 Å². The van der Waals surface area contributed by atoms with Crippen molar-refractivity contribution in [2.45, 2.75) is 13.0 Å². The van der Waals surface area contributed by atoms with Gasteiger partial charge in [-0.15, -0.1) is 0 Å². The molecular weight excluding hydrogens is 272 g/mol. The molecule has 0 fully saturated rings. The van der Waals surface area contributed by atoms with Crippen molar-refractivity contribution in [1.82, 2.24) is 9.88 Å². The van der Waals surface area contributed by atoms with Gasteiger partial charge in [0.25, 0.3) is 0 Å². The van der Waals surface area contributed by atoms with Gasteiger partial charge in [-0.25, -0.2) is 0 Å². The van der Waals surface area contributed by atoms with Crippen LogP contribution in [0.1, 0.15) is 12.0 Å². The van der Waals surface area contributed by atoms with Crippen molar-refractivity contribution in [3.8, 4) is 5.75 Å². The first kappa shape index (κ1) is 14.8. The summed E-state index contributed by atoms with van der Waals surface area (Å²) in [5.74, 6) is 0.865. The molecule has 3 nitrogen and oxygen atoms in total. The maximum atomic E-state index is 5.82. The van der Waals surface area contributed by atoms with Crippen LogP contribution in [-0.4, -0.2) is 30.1 Å². The van der Waals surface area contributed by atoms with Gasteiger partial charge in [0.15, 0.2) is 0 Å². The van der Waals surface area contributed by atoms with Crippen molar-refractivity contribution < 1.29 is 4.74 Å². The Morgan fingerprint density at radius 2 is 2.00 bits per heavy atom. The van der Waals surface area contributed by atoms with Gasteiger partial charge in [0.1, 0.15) is 5.75 Å². The number of hydrogen-bond donors (Lipinski definition) is 0. The van der Waals surface area contributed by atoms with Gasteiger partial charge in [-0.2, -0.15) is 0 Å². The monoisotopic (exact) mass is 290 g/mol. The van der Waals surface area contributed by atoms with E-state index in [2.05, 4.69) is 23.0 Å². The van der Waals surface area contributed by atoms with Gasteiger partial charge < -0.3 is 9.64 Å². The fourth-order valence-corrected chi connectivity index (χ4v) is 2.06. The van der Waals surface area contributed by atoms with Gasteiger partial charge in [0, 0.05) is 30.5 Å². The van der Waals surface area contributed by atoms with Crippen molar-refractivity contribution in [2.24, 2.45) is 0 Å². The van der Waals surface area contributed by atoms with Crippen molar-refractivity contribution >= 4 is 11.6 Å². The minimum absolute atomic E-state index is 0.707. The van der Waals surface area contributed by atoms with Crippen LogP contribution < -0.4 is 4.74 Å². The molecule has 1 heterocycles. The van der Waals surface area contributed by atoms with E-state index in [0.29, 0.717) is 6.61 Å². The smallest absolute Gasteiger partial charge is 0.119 e. The van der Waals surface area contributed by atoms with E-state index < -0.39 is 0 Å². The Labute approximate surface area is 125 Å². The summed E-state index contributed by atoms with van der Waals surface area (Å²) in [6.45, 7) is 2.61. The van der Waals surface area contributed by atoms with E-state index in [4.69, 9.17) is 16.3 Å². The molecule has 1 aromatic carbocycles. The summed E-state index contributed by atoms with van der Waals surface area (Å²) >= 11 is 5.82. The van der Waals surface area contributed by atoms with Gasteiger partial charge in [-0.1, -0.05) is 17.7 Å². The number of nitrogens with zero attached hydrogens (tertiary/aromatic N) is 2. The lowest BCUT2D eigenvalue weighted by Gasteiger charge is -2.16. The number of aromatic nitrogens is 1. The lowest BCUT2D eigenvalue weighted by atomic mass is 10.2. The van der Waals surface area contributed by atoms with Gasteiger partial charge in [-0.05, 0) is 49.4 Å². The molecule has 0 unspecified atom stereocenters. The summed E-state index contributed by atoms with van der Waals surface area (Å²) in [5.41, 5.74) is 1.23. The molecular formula is C16H19ClN2O. The Morgan fingerprint density at radius 3 is 2.70 bits per heavy atom. The van der Waals surface area contributed by atoms with Gasteiger partial charge in [-0.3, -0.25) is 4.98 Å². The molecule has 1 aromatic heterocycles. The largest absolute Gasteiger partial charge is 0.494 e. The highest BCUT2D eigenvalue weighted by atomic mass is 35.5. The Morgan fingerprint density at radius 1 is 1.20 bits per heavy atom. The van der Waals surface area contributed by atoms with Crippen LogP contribution in [0, 0.1) is 0 Å². The SMILES string of the molecule is CN(CCCOc1ccc(Cl)cc1)Cc1cccnc1. The zero-order valence-corrected chi connectivity index (χ0v) is 12.4. The Kier molecular flexibility index (Phi) is 5.84. The summed E-state index contributed by atoms with van der Waals surface area (Å²) in [6.07, 6.45) is 4.68. The third-order valence-corrected chi connectivity index (χ3v) is 3.19. The van der Waals surface area contributed by atoms with Crippen molar-refractivity contribution in [3.63, 3.8) is 0 Å². The van der Waals surface area contributed by atoms with Crippen molar-refractivity contribution in [3.05, 3.63) is 59.4 Å². The number of ether oxygens (including phenoxy) is 1. The molecule has 0 atom stereocenters. The molecule has 0 aliphatic heterocycles. The van der Waals surface area contributed by atoms with Crippen LogP contribution in [0.5, 0.6) is 5.75 Å². The number of rotatable bonds is 7. The molecule has 2 rings (SSSR count). The van der Waals surface area contributed by atoms with E-state index >= 15 is 0 Å². The average molecular weight is 291 g/mol. The molecule has 0 amide bonds. The molecule has 0 aliphatic rings. The molecule has 0 spiro atoms. The minimum atomic E-state index is 0.707. The third-order valence-electron chi connectivity index (χ3n) is 2.94. The van der Waals surface area contributed by atoms with Crippen LogP contribution in [0.2, 0.25) is 5.02 Å². The van der Waals surface area contributed by atoms with E-state index in [1.807, 2.05) is 36.5 Å². The molecule has 0 N–H and O–H groups in total. The normalized spacial score (nSPS) is 10.8. The number of benzene rings is 1. The summed E-state index contributed by atoms with van der Waals surface area (Å²) in [4.78, 5) is 6.38. The highest BCUT2D eigenvalue weighted by molar-refractivity contribution is 6.30. The fourth-order valence-electron chi connectivity index (χ4n) is 1.94.